The molecule has 5 nitrogen and oxygen atoms in total. The lowest BCUT2D eigenvalue weighted by molar-refractivity contribution is -0.162. The monoisotopic (exact) mass is 362 g/mol. The number of carbonyl (C=O) groups is 2. The Hall–Kier alpha value is -1.31. The van der Waals surface area contributed by atoms with Gasteiger partial charge < -0.3 is 10.0 Å². The smallest absolute Gasteiger partial charge is 0.401 e. The summed E-state index contributed by atoms with van der Waals surface area (Å²) in [6, 6.07) is 0. The van der Waals surface area contributed by atoms with Crippen LogP contribution in [0.3, 0.4) is 0 Å². The fourth-order valence-electron chi connectivity index (χ4n) is 4.70. The predicted octanol–water partition coefficient (Wildman–Crippen LogP) is 2.36. The van der Waals surface area contributed by atoms with E-state index in [4.69, 9.17) is 0 Å². The number of carboxylic acid groups (broad SMARTS) is 1. The molecule has 0 bridgehead atoms. The van der Waals surface area contributed by atoms with Crippen molar-refractivity contribution in [2.75, 3.05) is 32.7 Å². The van der Waals surface area contributed by atoms with Gasteiger partial charge in [0.15, 0.2) is 0 Å². The van der Waals surface area contributed by atoms with E-state index in [0.717, 1.165) is 19.3 Å². The Morgan fingerprint density at radius 2 is 1.72 bits per heavy atom. The molecule has 3 fully saturated rings. The minimum Gasteiger partial charge on any atom is -0.481 e. The van der Waals surface area contributed by atoms with Gasteiger partial charge in [0.25, 0.3) is 0 Å². The first kappa shape index (κ1) is 18.5. The summed E-state index contributed by atoms with van der Waals surface area (Å²) >= 11 is 0. The molecule has 1 saturated carbocycles. The van der Waals surface area contributed by atoms with Gasteiger partial charge in [-0.2, -0.15) is 13.2 Å². The lowest BCUT2D eigenvalue weighted by atomic mass is 9.58. The van der Waals surface area contributed by atoms with Crippen molar-refractivity contribution in [3.05, 3.63) is 0 Å². The second kappa shape index (κ2) is 6.78. The predicted molar refractivity (Wildman–Crippen MR) is 83.8 cm³/mol. The summed E-state index contributed by atoms with van der Waals surface area (Å²) in [5.41, 5.74) is -0.605. The number of nitrogens with zero attached hydrogens (tertiary/aromatic N) is 2. The molecule has 1 amide bonds. The lowest BCUT2D eigenvalue weighted by Crippen LogP contribution is -2.50. The maximum Gasteiger partial charge on any atom is 0.401 e. The standard InChI is InChI=1S/C17H25F3N2O3/c18-17(19,20)11-21-7-2-12(10-21)14(23)22-8-3-13(4-9-22)16(15(24)25)5-1-6-16/h12-13H,1-11H2,(H,24,25). The highest BCUT2D eigenvalue weighted by Gasteiger charge is 2.51. The van der Waals surface area contributed by atoms with Crippen molar-refractivity contribution in [2.24, 2.45) is 17.3 Å². The van der Waals surface area contributed by atoms with Crippen LogP contribution < -0.4 is 0 Å². The summed E-state index contributed by atoms with van der Waals surface area (Å²) in [5.74, 6) is -1.05. The first-order chi connectivity index (χ1) is 11.7. The zero-order chi connectivity index (χ0) is 18.2. The van der Waals surface area contributed by atoms with Crippen LogP contribution in [-0.4, -0.2) is 65.7 Å². The number of hydrogen-bond donors (Lipinski definition) is 1. The third-order valence-electron chi connectivity index (χ3n) is 6.28. The molecule has 0 aromatic heterocycles. The Bertz CT molecular complexity index is 526. The number of hydrogen-bond acceptors (Lipinski definition) is 3. The Morgan fingerprint density at radius 3 is 2.20 bits per heavy atom. The summed E-state index contributed by atoms with van der Waals surface area (Å²) in [5, 5.41) is 9.53. The van der Waals surface area contributed by atoms with Crippen LogP contribution in [0, 0.1) is 17.3 Å². The summed E-state index contributed by atoms with van der Waals surface area (Å²) < 4.78 is 37.4. The van der Waals surface area contributed by atoms with Crippen LogP contribution in [0.4, 0.5) is 13.2 Å². The van der Waals surface area contributed by atoms with Crippen LogP contribution in [0.2, 0.25) is 0 Å². The van der Waals surface area contributed by atoms with E-state index in [1.807, 2.05) is 0 Å². The molecule has 0 aromatic carbocycles. The van der Waals surface area contributed by atoms with Crippen molar-refractivity contribution >= 4 is 11.9 Å². The topological polar surface area (TPSA) is 60.9 Å². The van der Waals surface area contributed by atoms with Gasteiger partial charge >= 0.3 is 12.1 Å². The number of carboxylic acids is 1. The highest BCUT2D eigenvalue weighted by Crippen LogP contribution is 2.51. The molecular formula is C17H25F3N2O3. The molecule has 2 saturated heterocycles. The summed E-state index contributed by atoms with van der Waals surface area (Å²) in [4.78, 5) is 27.2. The van der Waals surface area contributed by atoms with Crippen LogP contribution >= 0.6 is 0 Å². The van der Waals surface area contributed by atoms with Crippen LogP contribution in [0.25, 0.3) is 0 Å². The van der Waals surface area contributed by atoms with Crippen molar-refractivity contribution in [1.82, 2.24) is 9.80 Å². The van der Waals surface area contributed by atoms with Gasteiger partial charge in [-0.1, -0.05) is 6.42 Å². The Labute approximate surface area is 145 Å². The van der Waals surface area contributed by atoms with Gasteiger partial charge in [-0.25, -0.2) is 0 Å². The van der Waals surface area contributed by atoms with Crippen LogP contribution in [-0.2, 0) is 9.59 Å². The van der Waals surface area contributed by atoms with Crippen molar-refractivity contribution in [2.45, 2.75) is 44.7 Å². The van der Waals surface area contributed by atoms with Gasteiger partial charge in [0.05, 0.1) is 17.9 Å². The number of amides is 1. The molecule has 1 unspecified atom stereocenters. The fraction of sp³-hybridized carbons (Fsp3) is 0.882. The van der Waals surface area contributed by atoms with Gasteiger partial charge in [-0.3, -0.25) is 14.5 Å². The SMILES string of the molecule is O=C(C1CCN(CC(F)(F)F)C1)N1CCC(C2(C(=O)O)CCC2)CC1. The van der Waals surface area contributed by atoms with Crippen molar-refractivity contribution in [3.63, 3.8) is 0 Å². The molecule has 3 rings (SSSR count). The molecule has 2 heterocycles. The summed E-state index contributed by atoms with van der Waals surface area (Å²) in [7, 11) is 0. The van der Waals surface area contributed by atoms with Crippen LogP contribution in [0.15, 0.2) is 0 Å². The molecule has 0 radical (unpaired) electrons. The number of carbonyl (C=O) groups excluding carboxylic acids is 1. The number of piperidine rings is 1. The van der Waals surface area contributed by atoms with E-state index in [0.29, 0.717) is 38.9 Å². The Kier molecular flexibility index (Phi) is 5.01. The van der Waals surface area contributed by atoms with Gasteiger partial charge in [-0.15, -0.1) is 0 Å². The number of halogens is 3. The quantitative estimate of drug-likeness (QED) is 0.834. The normalized spacial score (nSPS) is 28.0. The molecule has 1 N–H and O–H groups in total. The highest BCUT2D eigenvalue weighted by molar-refractivity contribution is 5.80. The van der Waals surface area contributed by atoms with Crippen LogP contribution in [0.5, 0.6) is 0 Å². The number of alkyl halides is 3. The molecule has 3 aliphatic rings. The van der Waals surface area contributed by atoms with Gasteiger partial charge in [0.1, 0.15) is 0 Å². The van der Waals surface area contributed by atoms with Gasteiger partial charge in [0, 0.05) is 19.6 Å². The molecule has 8 heteroatoms. The number of rotatable bonds is 4. The van der Waals surface area contributed by atoms with Gasteiger partial charge in [-0.05, 0) is 44.6 Å². The number of likely N-dealkylation sites (tertiary alicyclic amines) is 2. The maximum absolute atomic E-state index is 12.6. The minimum atomic E-state index is -4.23. The molecule has 1 atom stereocenters. The van der Waals surface area contributed by atoms with Crippen molar-refractivity contribution in [1.29, 1.82) is 0 Å². The van der Waals surface area contributed by atoms with E-state index in [2.05, 4.69) is 0 Å². The largest absolute Gasteiger partial charge is 0.481 e. The molecule has 142 valence electrons. The first-order valence-electron chi connectivity index (χ1n) is 9.02. The summed E-state index contributed by atoms with van der Waals surface area (Å²) in [6.45, 7) is 0.550. The van der Waals surface area contributed by atoms with Crippen molar-refractivity contribution < 1.29 is 27.9 Å². The Balaban J connectivity index is 1.50. The third-order valence-corrected chi connectivity index (χ3v) is 6.28. The molecule has 0 aromatic rings. The Morgan fingerprint density at radius 1 is 1.08 bits per heavy atom. The van der Waals surface area contributed by atoms with E-state index in [9.17, 15) is 27.9 Å². The molecule has 1 aliphatic carbocycles. The van der Waals surface area contributed by atoms with E-state index in [1.165, 1.54) is 4.90 Å². The summed E-state index contributed by atoms with van der Waals surface area (Å²) in [6.07, 6.45) is -0.0271. The zero-order valence-corrected chi connectivity index (χ0v) is 14.2. The molecule has 2 aliphatic heterocycles. The van der Waals surface area contributed by atoms with E-state index in [-0.39, 0.29) is 24.3 Å². The fourth-order valence-corrected chi connectivity index (χ4v) is 4.70. The second-order valence-corrected chi connectivity index (χ2v) is 7.75. The highest BCUT2D eigenvalue weighted by atomic mass is 19.4. The van der Waals surface area contributed by atoms with Crippen LogP contribution in [0.1, 0.15) is 38.5 Å². The van der Waals surface area contributed by atoms with Crippen molar-refractivity contribution in [3.8, 4) is 0 Å². The van der Waals surface area contributed by atoms with E-state index >= 15 is 0 Å². The zero-order valence-electron chi connectivity index (χ0n) is 14.2. The number of aliphatic carboxylic acids is 1. The molecular weight excluding hydrogens is 337 g/mol. The molecule has 25 heavy (non-hydrogen) atoms. The third kappa shape index (κ3) is 3.78. The minimum absolute atomic E-state index is 0.0684. The van der Waals surface area contributed by atoms with Gasteiger partial charge in [0.2, 0.25) is 5.91 Å². The lowest BCUT2D eigenvalue weighted by Gasteiger charge is -2.47. The average Bonchev–Trinajstić information content (AvgIpc) is 2.92. The maximum atomic E-state index is 12.6. The van der Waals surface area contributed by atoms with E-state index < -0.39 is 24.1 Å². The van der Waals surface area contributed by atoms with E-state index in [1.54, 1.807) is 4.90 Å². The average molecular weight is 362 g/mol. The first-order valence-corrected chi connectivity index (χ1v) is 9.02. The molecule has 0 spiro atoms. The second-order valence-electron chi connectivity index (χ2n) is 7.75.